The van der Waals surface area contributed by atoms with E-state index in [1.165, 1.54) is 0 Å². The number of hydrogen-bond acceptors (Lipinski definition) is 6. The predicted molar refractivity (Wildman–Crippen MR) is 112 cm³/mol. The van der Waals surface area contributed by atoms with Gasteiger partial charge in [-0.2, -0.15) is 9.61 Å². The number of aliphatic hydroxyl groups excluding tert-OH is 2. The second kappa shape index (κ2) is 6.70. The van der Waals surface area contributed by atoms with Gasteiger partial charge in [-0.25, -0.2) is 4.98 Å². The van der Waals surface area contributed by atoms with Crippen molar-refractivity contribution in [3.05, 3.63) is 46.9 Å². The number of aliphatic hydroxyl groups is 2. The Balaban J connectivity index is 1.55. The van der Waals surface area contributed by atoms with Crippen LogP contribution in [0.15, 0.2) is 41.9 Å². The molecule has 4 atom stereocenters. The molecule has 1 saturated carbocycles. The van der Waals surface area contributed by atoms with Crippen LogP contribution in [0.4, 0.5) is 5.82 Å². The van der Waals surface area contributed by atoms with Gasteiger partial charge in [0.2, 0.25) is 0 Å². The van der Waals surface area contributed by atoms with Crippen molar-refractivity contribution in [3.8, 4) is 11.3 Å². The van der Waals surface area contributed by atoms with E-state index < -0.39 is 12.2 Å². The molecule has 3 heterocycles. The first-order valence-electron chi connectivity index (χ1n) is 9.16. The maximum atomic E-state index is 10.3. The fraction of sp³-hybridized carbons (Fsp3) is 0.300. The summed E-state index contributed by atoms with van der Waals surface area (Å²) in [5, 5.41) is 32.3. The fourth-order valence-corrected chi connectivity index (χ4v) is 5.03. The Morgan fingerprint density at radius 2 is 2.07 bits per heavy atom. The van der Waals surface area contributed by atoms with Gasteiger partial charge in [0.05, 0.1) is 17.8 Å². The summed E-state index contributed by atoms with van der Waals surface area (Å²) in [6.45, 7) is 1.94. The Labute approximate surface area is 170 Å². The second-order valence-electron chi connectivity index (χ2n) is 7.36. The van der Waals surface area contributed by atoms with Crippen molar-refractivity contribution in [1.29, 1.82) is 0 Å². The van der Waals surface area contributed by atoms with E-state index in [4.69, 9.17) is 16.7 Å². The number of fused-ring (bicyclic) bond motifs is 2. The summed E-state index contributed by atoms with van der Waals surface area (Å²) < 4.78 is 2.89. The van der Waals surface area contributed by atoms with E-state index in [2.05, 4.69) is 15.7 Å². The van der Waals surface area contributed by atoms with Crippen molar-refractivity contribution in [3.63, 3.8) is 0 Å². The molecule has 0 radical (unpaired) electrons. The van der Waals surface area contributed by atoms with Crippen molar-refractivity contribution in [1.82, 2.24) is 14.6 Å². The monoisotopic (exact) mass is 414 g/mol. The molecule has 1 aliphatic carbocycles. The van der Waals surface area contributed by atoms with Gasteiger partial charge >= 0.3 is 0 Å². The summed E-state index contributed by atoms with van der Waals surface area (Å²) in [6.07, 6.45) is 0.877. The van der Waals surface area contributed by atoms with Gasteiger partial charge in [-0.15, -0.1) is 11.3 Å². The molecule has 144 valence electrons. The first-order valence-corrected chi connectivity index (χ1v) is 10.4. The highest BCUT2D eigenvalue weighted by atomic mass is 35.5. The van der Waals surface area contributed by atoms with Gasteiger partial charge in [0.1, 0.15) is 11.9 Å². The van der Waals surface area contributed by atoms with E-state index in [-0.39, 0.29) is 12.0 Å². The lowest BCUT2D eigenvalue weighted by molar-refractivity contribution is 0.0210. The summed E-state index contributed by atoms with van der Waals surface area (Å²) in [4.78, 5) is 4.42. The van der Waals surface area contributed by atoms with Gasteiger partial charge < -0.3 is 15.5 Å². The van der Waals surface area contributed by atoms with Gasteiger partial charge in [-0.1, -0.05) is 18.5 Å². The van der Waals surface area contributed by atoms with Crippen LogP contribution in [0.1, 0.15) is 13.3 Å². The molecule has 0 aliphatic heterocycles. The number of rotatable bonds is 3. The molecule has 28 heavy (non-hydrogen) atoms. The zero-order chi connectivity index (χ0) is 19.4. The third-order valence-electron chi connectivity index (χ3n) is 5.47. The Morgan fingerprint density at radius 1 is 1.21 bits per heavy atom. The number of hydrogen-bond donors (Lipinski definition) is 3. The highest BCUT2D eigenvalue weighted by molar-refractivity contribution is 7.17. The van der Waals surface area contributed by atoms with Crippen LogP contribution < -0.4 is 5.32 Å². The Hall–Kier alpha value is -2.19. The maximum absolute atomic E-state index is 10.3. The van der Waals surface area contributed by atoms with Crippen molar-refractivity contribution in [2.24, 2.45) is 5.92 Å². The third kappa shape index (κ3) is 2.86. The third-order valence-corrected chi connectivity index (χ3v) is 6.67. The van der Waals surface area contributed by atoms with E-state index in [1.54, 1.807) is 22.0 Å². The molecule has 0 saturated heterocycles. The minimum Gasteiger partial charge on any atom is -0.390 e. The summed E-state index contributed by atoms with van der Waals surface area (Å²) in [7, 11) is 0. The highest BCUT2D eigenvalue weighted by Gasteiger charge is 2.39. The second-order valence-corrected chi connectivity index (χ2v) is 8.71. The van der Waals surface area contributed by atoms with Crippen LogP contribution in [-0.4, -0.2) is 43.1 Å². The molecule has 3 N–H and O–H groups in total. The van der Waals surface area contributed by atoms with Crippen molar-refractivity contribution >= 4 is 44.5 Å². The Morgan fingerprint density at radius 3 is 2.86 bits per heavy atom. The van der Waals surface area contributed by atoms with Crippen LogP contribution in [0.3, 0.4) is 0 Å². The zero-order valence-electron chi connectivity index (χ0n) is 15.1. The summed E-state index contributed by atoms with van der Waals surface area (Å²) in [5.74, 6) is 0.777. The predicted octanol–water partition coefficient (Wildman–Crippen LogP) is 3.81. The zero-order valence-corrected chi connectivity index (χ0v) is 16.7. The SMILES string of the molecule is C[C@@H]1C[C@@H](Nc2ccnc3cc(-c4csc5ccc(Cl)cc45)nn23)[C@H](O)[C@@H]1O. The molecular formula is C20H19ClN4O2S. The van der Waals surface area contributed by atoms with Crippen molar-refractivity contribution in [2.45, 2.75) is 31.6 Å². The average molecular weight is 415 g/mol. The van der Waals surface area contributed by atoms with E-state index in [0.29, 0.717) is 17.1 Å². The molecule has 3 aromatic heterocycles. The standard InChI is InChI=1S/C20H19ClN4O2S/c1-10-6-15(20(27)19(10)26)23-17-4-5-22-18-8-14(24-25(17)18)13-9-28-16-3-2-11(21)7-12(13)16/h2-5,7-10,15,19-20,23,26-27H,6H2,1H3/t10-,15-,19-,20+/m1/s1. The Kier molecular flexibility index (Phi) is 4.28. The molecule has 8 heteroatoms. The number of nitrogens with one attached hydrogen (secondary N) is 1. The van der Waals surface area contributed by atoms with E-state index in [1.807, 2.05) is 37.3 Å². The number of benzene rings is 1. The van der Waals surface area contributed by atoms with Gasteiger partial charge in [-0.3, -0.25) is 0 Å². The summed E-state index contributed by atoms with van der Waals surface area (Å²) in [6, 6.07) is 9.39. The highest BCUT2D eigenvalue weighted by Crippen LogP contribution is 2.35. The number of halogens is 1. The van der Waals surface area contributed by atoms with E-state index in [9.17, 15) is 10.2 Å². The molecule has 1 fully saturated rings. The fourth-order valence-electron chi connectivity index (χ4n) is 3.92. The molecule has 0 amide bonds. The smallest absolute Gasteiger partial charge is 0.157 e. The van der Waals surface area contributed by atoms with Crippen molar-refractivity contribution < 1.29 is 10.2 Å². The molecule has 0 spiro atoms. The van der Waals surface area contributed by atoms with Gasteiger partial charge in [0.15, 0.2) is 5.65 Å². The summed E-state index contributed by atoms with van der Waals surface area (Å²) in [5.41, 5.74) is 2.54. The van der Waals surface area contributed by atoms with Gasteiger partial charge in [0, 0.05) is 38.3 Å². The molecule has 1 aliphatic rings. The Bertz CT molecular complexity index is 1170. The lowest BCUT2D eigenvalue weighted by atomic mass is 10.1. The van der Waals surface area contributed by atoms with Crippen LogP contribution in [0.5, 0.6) is 0 Å². The van der Waals surface area contributed by atoms with Crippen LogP contribution in [0, 0.1) is 5.92 Å². The van der Waals surface area contributed by atoms with Crippen LogP contribution in [-0.2, 0) is 0 Å². The molecule has 0 unspecified atom stereocenters. The number of nitrogens with zero attached hydrogens (tertiary/aromatic N) is 3. The minimum atomic E-state index is -0.809. The van der Waals surface area contributed by atoms with Gasteiger partial charge in [-0.05, 0) is 36.6 Å². The molecule has 1 aromatic carbocycles. The van der Waals surface area contributed by atoms with E-state index >= 15 is 0 Å². The normalized spacial score (nSPS) is 25.0. The largest absolute Gasteiger partial charge is 0.390 e. The average Bonchev–Trinajstić information content (AvgIpc) is 3.35. The summed E-state index contributed by atoms with van der Waals surface area (Å²) >= 11 is 7.84. The quantitative estimate of drug-likeness (QED) is 0.475. The van der Waals surface area contributed by atoms with Crippen LogP contribution >= 0.6 is 22.9 Å². The number of thiophene rings is 1. The lowest BCUT2D eigenvalue weighted by Gasteiger charge is -2.19. The van der Waals surface area contributed by atoms with Crippen LogP contribution in [0.25, 0.3) is 27.0 Å². The lowest BCUT2D eigenvalue weighted by Crippen LogP contribution is -2.35. The van der Waals surface area contributed by atoms with Crippen LogP contribution in [0.2, 0.25) is 5.02 Å². The first kappa shape index (κ1) is 17.9. The first-order chi connectivity index (χ1) is 13.5. The number of aromatic nitrogens is 3. The molecular weight excluding hydrogens is 396 g/mol. The van der Waals surface area contributed by atoms with E-state index in [0.717, 1.165) is 27.2 Å². The number of anilines is 1. The topological polar surface area (TPSA) is 82.7 Å². The molecule has 0 bridgehead atoms. The molecule has 6 nitrogen and oxygen atoms in total. The van der Waals surface area contributed by atoms with Crippen molar-refractivity contribution in [2.75, 3.05) is 5.32 Å². The molecule has 4 aromatic rings. The minimum absolute atomic E-state index is 0.0416. The maximum Gasteiger partial charge on any atom is 0.157 e. The van der Waals surface area contributed by atoms with Gasteiger partial charge in [0.25, 0.3) is 0 Å². The molecule has 5 rings (SSSR count).